The minimum atomic E-state index is -3.96. The molecule has 2 aromatic heterocycles. The van der Waals surface area contributed by atoms with Gasteiger partial charge in [-0.3, -0.25) is 14.8 Å². The van der Waals surface area contributed by atoms with E-state index in [0.29, 0.717) is 18.5 Å². The van der Waals surface area contributed by atoms with E-state index in [2.05, 4.69) is 20.6 Å². The zero-order valence-electron chi connectivity index (χ0n) is 16.9. The molecule has 1 aliphatic rings. The predicted molar refractivity (Wildman–Crippen MR) is 108 cm³/mol. The van der Waals surface area contributed by atoms with Gasteiger partial charge in [0.25, 0.3) is 5.89 Å². The number of carbonyl (C=O) groups is 1. The number of aromatic nitrogens is 4. The van der Waals surface area contributed by atoms with Gasteiger partial charge < -0.3 is 4.42 Å². The summed E-state index contributed by atoms with van der Waals surface area (Å²) in [5, 5.41) is 14.5. The lowest BCUT2D eigenvalue weighted by Crippen LogP contribution is -2.43. The highest BCUT2D eigenvalue weighted by Gasteiger charge is 2.40. The highest BCUT2D eigenvalue weighted by Crippen LogP contribution is 2.27. The van der Waals surface area contributed by atoms with Crippen LogP contribution in [-0.2, 0) is 14.8 Å². The van der Waals surface area contributed by atoms with Gasteiger partial charge in [0.05, 0.1) is 4.90 Å². The van der Waals surface area contributed by atoms with Crippen LogP contribution in [0.1, 0.15) is 32.7 Å². The molecule has 1 fully saturated rings. The largest absolute Gasteiger partial charge is 0.401 e. The summed E-state index contributed by atoms with van der Waals surface area (Å²) in [5.74, 6) is -0.983. The number of anilines is 1. The predicted octanol–water partition coefficient (Wildman–Crippen LogP) is 2.44. The minimum absolute atomic E-state index is 0.0746. The molecule has 164 valence electrons. The van der Waals surface area contributed by atoms with Crippen LogP contribution in [0.4, 0.5) is 10.4 Å². The van der Waals surface area contributed by atoms with Crippen LogP contribution in [0.5, 0.6) is 0 Å². The summed E-state index contributed by atoms with van der Waals surface area (Å²) in [4.78, 5) is 12.7. The first kappa shape index (κ1) is 21.1. The van der Waals surface area contributed by atoms with Gasteiger partial charge in [-0.1, -0.05) is 5.10 Å². The van der Waals surface area contributed by atoms with E-state index in [-0.39, 0.29) is 29.4 Å². The molecule has 12 heteroatoms. The van der Waals surface area contributed by atoms with Crippen molar-refractivity contribution in [3.8, 4) is 11.6 Å². The standard InChI is InChI=1S/C19H21FN6O4S/c1-12(2)25-11-9-15(24-25)18-22-23-19(30-18)21-17(27)16-4-3-10-26(16)31(28,29)14-7-5-13(20)6-8-14/h5-9,11-12,16H,3-4,10H2,1-2H3,(H,21,23,27). The van der Waals surface area contributed by atoms with Crippen LogP contribution in [-0.4, -0.2) is 51.2 Å². The molecule has 4 rings (SSSR count). The van der Waals surface area contributed by atoms with Crippen LogP contribution in [0, 0.1) is 5.82 Å². The number of nitrogens with zero attached hydrogens (tertiary/aromatic N) is 5. The molecule has 0 spiro atoms. The molecule has 1 unspecified atom stereocenters. The fraction of sp³-hybridized carbons (Fsp3) is 0.368. The lowest BCUT2D eigenvalue weighted by molar-refractivity contribution is -0.119. The van der Waals surface area contributed by atoms with Crippen LogP contribution < -0.4 is 5.32 Å². The van der Waals surface area contributed by atoms with Crippen molar-refractivity contribution >= 4 is 21.9 Å². The van der Waals surface area contributed by atoms with Crippen molar-refractivity contribution in [2.75, 3.05) is 11.9 Å². The molecular weight excluding hydrogens is 427 g/mol. The van der Waals surface area contributed by atoms with Gasteiger partial charge in [0.2, 0.25) is 15.9 Å². The molecule has 0 radical (unpaired) electrons. The molecule has 3 heterocycles. The average molecular weight is 448 g/mol. The fourth-order valence-electron chi connectivity index (χ4n) is 3.34. The first-order chi connectivity index (χ1) is 14.8. The zero-order valence-corrected chi connectivity index (χ0v) is 17.7. The average Bonchev–Trinajstić information content (AvgIpc) is 3.48. The summed E-state index contributed by atoms with van der Waals surface area (Å²) in [6, 6.07) is 5.28. The second-order valence-electron chi connectivity index (χ2n) is 7.40. The number of hydrogen-bond acceptors (Lipinski definition) is 7. The summed E-state index contributed by atoms with van der Waals surface area (Å²) in [6.45, 7) is 4.13. The minimum Gasteiger partial charge on any atom is -0.401 e. The summed E-state index contributed by atoms with van der Waals surface area (Å²) in [7, 11) is -3.96. The van der Waals surface area contributed by atoms with Crippen molar-refractivity contribution < 1.29 is 22.0 Å². The number of sulfonamides is 1. The molecule has 1 atom stereocenters. The smallest absolute Gasteiger partial charge is 0.322 e. The van der Waals surface area contributed by atoms with Gasteiger partial charge in [-0.2, -0.15) is 9.40 Å². The Hall–Kier alpha value is -3.12. The van der Waals surface area contributed by atoms with Crippen LogP contribution >= 0.6 is 0 Å². The third-order valence-electron chi connectivity index (χ3n) is 4.94. The Kier molecular flexibility index (Phi) is 5.58. The van der Waals surface area contributed by atoms with Crippen molar-refractivity contribution in [3.05, 3.63) is 42.3 Å². The lowest BCUT2D eigenvalue weighted by Gasteiger charge is -2.22. The van der Waals surface area contributed by atoms with Crippen molar-refractivity contribution in [1.29, 1.82) is 0 Å². The number of carbonyl (C=O) groups excluding carboxylic acids is 1. The Morgan fingerprint density at radius 1 is 1.23 bits per heavy atom. The van der Waals surface area contributed by atoms with E-state index in [0.717, 1.165) is 16.4 Å². The molecular formula is C19H21FN6O4S. The third-order valence-corrected chi connectivity index (χ3v) is 6.86. The topological polar surface area (TPSA) is 123 Å². The first-order valence-corrected chi connectivity index (χ1v) is 11.2. The summed E-state index contributed by atoms with van der Waals surface area (Å²) < 4.78 is 47.3. The van der Waals surface area contributed by atoms with Gasteiger partial charge in [0.15, 0.2) is 0 Å². The number of rotatable bonds is 6. The molecule has 1 aromatic carbocycles. The van der Waals surface area contributed by atoms with E-state index in [1.165, 1.54) is 12.1 Å². The van der Waals surface area contributed by atoms with Crippen molar-refractivity contribution in [3.63, 3.8) is 0 Å². The number of hydrogen-bond donors (Lipinski definition) is 1. The van der Waals surface area contributed by atoms with Crippen LogP contribution in [0.3, 0.4) is 0 Å². The molecule has 1 saturated heterocycles. The van der Waals surface area contributed by atoms with Gasteiger partial charge in [-0.25, -0.2) is 12.8 Å². The van der Waals surface area contributed by atoms with E-state index < -0.39 is 27.8 Å². The molecule has 1 N–H and O–H groups in total. The SMILES string of the molecule is CC(C)n1ccc(-c2nnc(NC(=O)C3CCCN3S(=O)(=O)c3ccc(F)cc3)o2)n1. The number of amides is 1. The van der Waals surface area contributed by atoms with Crippen molar-refractivity contribution in [2.24, 2.45) is 0 Å². The first-order valence-electron chi connectivity index (χ1n) is 9.73. The van der Waals surface area contributed by atoms with E-state index >= 15 is 0 Å². The Balaban J connectivity index is 1.49. The molecule has 0 aliphatic carbocycles. The number of halogens is 1. The molecule has 3 aromatic rings. The van der Waals surface area contributed by atoms with E-state index in [1.807, 2.05) is 13.8 Å². The summed E-state index contributed by atoms with van der Waals surface area (Å²) in [5.41, 5.74) is 0.461. The van der Waals surface area contributed by atoms with Crippen molar-refractivity contribution in [1.82, 2.24) is 24.3 Å². The fourth-order valence-corrected chi connectivity index (χ4v) is 4.99. The van der Waals surface area contributed by atoms with Crippen LogP contribution in [0.2, 0.25) is 0 Å². The highest BCUT2D eigenvalue weighted by atomic mass is 32.2. The third kappa shape index (κ3) is 4.21. The number of nitrogens with one attached hydrogen (secondary N) is 1. The van der Waals surface area contributed by atoms with Crippen LogP contribution in [0.25, 0.3) is 11.6 Å². The monoisotopic (exact) mass is 448 g/mol. The normalized spacial score (nSPS) is 17.4. The van der Waals surface area contributed by atoms with E-state index in [4.69, 9.17) is 4.42 Å². The second kappa shape index (κ2) is 8.19. The Morgan fingerprint density at radius 2 is 1.97 bits per heavy atom. The van der Waals surface area contributed by atoms with Crippen molar-refractivity contribution in [2.45, 2.75) is 43.7 Å². The lowest BCUT2D eigenvalue weighted by atomic mass is 10.2. The number of benzene rings is 1. The molecule has 0 bridgehead atoms. The van der Waals surface area contributed by atoms with Crippen LogP contribution in [0.15, 0.2) is 45.8 Å². The summed E-state index contributed by atoms with van der Waals surface area (Å²) in [6.07, 6.45) is 2.63. The zero-order chi connectivity index (χ0) is 22.2. The van der Waals surface area contributed by atoms with Gasteiger partial charge >= 0.3 is 6.01 Å². The Bertz CT molecular complexity index is 1190. The molecule has 1 amide bonds. The maximum absolute atomic E-state index is 13.2. The summed E-state index contributed by atoms with van der Waals surface area (Å²) >= 11 is 0. The molecule has 10 nitrogen and oxygen atoms in total. The van der Waals surface area contributed by atoms with Gasteiger partial charge in [0, 0.05) is 18.8 Å². The Morgan fingerprint density at radius 3 is 2.65 bits per heavy atom. The van der Waals surface area contributed by atoms with Gasteiger partial charge in [0.1, 0.15) is 17.6 Å². The highest BCUT2D eigenvalue weighted by molar-refractivity contribution is 7.89. The maximum Gasteiger partial charge on any atom is 0.322 e. The van der Waals surface area contributed by atoms with Gasteiger partial charge in [-0.05, 0) is 57.0 Å². The van der Waals surface area contributed by atoms with E-state index in [9.17, 15) is 17.6 Å². The van der Waals surface area contributed by atoms with E-state index in [1.54, 1.807) is 16.9 Å². The molecule has 1 aliphatic heterocycles. The molecule has 0 saturated carbocycles. The second-order valence-corrected chi connectivity index (χ2v) is 9.29. The Labute approximate surface area is 178 Å². The van der Waals surface area contributed by atoms with Gasteiger partial charge in [-0.15, -0.1) is 5.10 Å². The maximum atomic E-state index is 13.2. The quantitative estimate of drug-likeness (QED) is 0.614. The molecule has 31 heavy (non-hydrogen) atoms.